The molecule has 0 spiro atoms. The van der Waals surface area contributed by atoms with Crippen molar-refractivity contribution < 1.29 is 14.6 Å². The predicted molar refractivity (Wildman–Crippen MR) is 47.9 cm³/mol. The fraction of sp³-hybridized carbons (Fsp3) is 0.778. The van der Waals surface area contributed by atoms with Crippen LogP contribution >= 0.6 is 0 Å². The highest BCUT2D eigenvalue weighted by Crippen LogP contribution is 2.18. The highest BCUT2D eigenvalue weighted by atomic mass is 16.7. The summed E-state index contributed by atoms with van der Waals surface area (Å²) < 4.78 is 9.93. The third-order valence-corrected chi connectivity index (χ3v) is 1.72. The molecule has 0 heterocycles. The second-order valence-corrected chi connectivity index (χ2v) is 3.09. The average molecular weight is 174 g/mol. The molecule has 3 nitrogen and oxygen atoms in total. The number of hydrogen-bond acceptors (Lipinski definition) is 3. The van der Waals surface area contributed by atoms with Gasteiger partial charge in [0.2, 0.25) is 0 Å². The Morgan fingerprint density at radius 2 is 2.00 bits per heavy atom. The number of ether oxygens (including phenoxy) is 2. The Labute approximate surface area is 74.0 Å². The molecule has 0 aromatic rings. The molecule has 0 saturated heterocycles. The summed E-state index contributed by atoms with van der Waals surface area (Å²) in [5.41, 5.74) is -0.793. The molecule has 0 aliphatic carbocycles. The van der Waals surface area contributed by atoms with Crippen LogP contribution in [0.3, 0.4) is 0 Å². The minimum absolute atomic E-state index is 0.347. The number of rotatable bonds is 6. The van der Waals surface area contributed by atoms with E-state index < -0.39 is 5.60 Å². The summed E-state index contributed by atoms with van der Waals surface area (Å²) in [5.74, 6) is 0. The molecule has 0 aromatic heterocycles. The summed E-state index contributed by atoms with van der Waals surface area (Å²) in [4.78, 5) is 0. The second kappa shape index (κ2) is 5.30. The van der Waals surface area contributed by atoms with E-state index in [-0.39, 0.29) is 6.29 Å². The van der Waals surface area contributed by atoms with Crippen molar-refractivity contribution in [3.05, 3.63) is 12.7 Å². The molecule has 72 valence electrons. The van der Waals surface area contributed by atoms with Crippen molar-refractivity contribution in [2.24, 2.45) is 0 Å². The lowest BCUT2D eigenvalue weighted by Crippen LogP contribution is -2.31. The fourth-order valence-corrected chi connectivity index (χ4v) is 1.02. The van der Waals surface area contributed by atoms with Gasteiger partial charge in [-0.2, -0.15) is 0 Å². The van der Waals surface area contributed by atoms with Crippen LogP contribution in [-0.4, -0.2) is 31.2 Å². The maximum Gasteiger partial charge on any atom is 0.159 e. The molecule has 0 rings (SSSR count). The summed E-state index contributed by atoms with van der Waals surface area (Å²) in [7, 11) is 3.11. The molecule has 0 aliphatic heterocycles. The number of hydrogen-bond donors (Lipinski definition) is 1. The summed E-state index contributed by atoms with van der Waals surface area (Å²) in [6.45, 7) is 5.30. The zero-order valence-corrected chi connectivity index (χ0v) is 8.04. The van der Waals surface area contributed by atoms with Crippen molar-refractivity contribution in [3.8, 4) is 0 Å². The minimum atomic E-state index is -0.793. The Kier molecular flexibility index (Phi) is 5.13. The molecule has 0 bridgehead atoms. The first-order chi connectivity index (χ1) is 5.55. The molecular formula is C9H18O3. The second-order valence-electron chi connectivity index (χ2n) is 3.09. The van der Waals surface area contributed by atoms with Gasteiger partial charge in [-0.3, -0.25) is 0 Å². The topological polar surface area (TPSA) is 38.7 Å². The summed E-state index contributed by atoms with van der Waals surface area (Å²) in [6.07, 6.45) is 2.32. The molecule has 0 aromatic carbocycles. The third kappa shape index (κ3) is 4.49. The van der Waals surface area contributed by atoms with Crippen LogP contribution in [-0.2, 0) is 9.47 Å². The molecule has 1 N–H and O–H groups in total. The van der Waals surface area contributed by atoms with Crippen LogP contribution in [0.15, 0.2) is 12.7 Å². The van der Waals surface area contributed by atoms with E-state index in [1.54, 1.807) is 27.2 Å². The Morgan fingerprint density at radius 1 is 1.50 bits per heavy atom. The van der Waals surface area contributed by atoms with Crippen molar-refractivity contribution in [2.75, 3.05) is 14.2 Å². The molecule has 0 amide bonds. The number of methoxy groups -OCH3 is 2. The van der Waals surface area contributed by atoms with E-state index in [2.05, 4.69) is 6.58 Å². The first-order valence-corrected chi connectivity index (χ1v) is 3.94. The molecular weight excluding hydrogens is 156 g/mol. The lowest BCUT2D eigenvalue weighted by Gasteiger charge is -2.25. The van der Waals surface area contributed by atoms with Crippen LogP contribution < -0.4 is 0 Å². The quantitative estimate of drug-likeness (QED) is 0.487. The normalized spacial score (nSPS) is 16.1. The smallest absolute Gasteiger partial charge is 0.159 e. The Morgan fingerprint density at radius 3 is 2.33 bits per heavy atom. The van der Waals surface area contributed by atoms with Crippen LogP contribution in [0.1, 0.15) is 19.8 Å². The van der Waals surface area contributed by atoms with Crippen LogP contribution in [0.2, 0.25) is 0 Å². The first kappa shape index (κ1) is 11.6. The van der Waals surface area contributed by atoms with E-state index in [0.717, 1.165) is 0 Å². The van der Waals surface area contributed by atoms with Gasteiger partial charge >= 0.3 is 0 Å². The lowest BCUT2D eigenvalue weighted by atomic mass is 9.98. The highest BCUT2D eigenvalue weighted by molar-refractivity contribution is 4.83. The van der Waals surface area contributed by atoms with Gasteiger partial charge in [0.15, 0.2) is 6.29 Å². The molecule has 0 saturated carbocycles. The highest BCUT2D eigenvalue weighted by Gasteiger charge is 2.23. The Hall–Kier alpha value is -0.380. The standard InChI is InChI=1S/C9H18O3/c1-5-6-9(2,10)7-8(11-3)12-4/h5,8,10H,1,6-7H2,2-4H3. The Bertz CT molecular complexity index is 128. The van der Waals surface area contributed by atoms with Crippen molar-refractivity contribution in [3.63, 3.8) is 0 Å². The van der Waals surface area contributed by atoms with E-state index >= 15 is 0 Å². The van der Waals surface area contributed by atoms with Crippen molar-refractivity contribution >= 4 is 0 Å². The fourth-order valence-electron chi connectivity index (χ4n) is 1.02. The molecule has 0 fully saturated rings. The largest absolute Gasteiger partial charge is 0.390 e. The van der Waals surface area contributed by atoms with Crippen LogP contribution in [0.5, 0.6) is 0 Å². The van der Waals surface area contributed by atoms with E-state index in [9.17, 15) is 5.11 Å². The molecule has 0 radical (unpaired) electrons. The minimum Gasteiger partial charge on any atom is -0.390 e. The van der Waals surface area contributed by atoms with E-state index in [1.165, 1.54) is 0 Å². The van der Waals surface area contributed by atoms with Crippen molar-refractivity contribution in [1.82, 2.24) is 0 Å². The SMILES string of the molecule is C=CCC(C)(O)CC(OC)OC. The van der Waals surface area contributed by atoms with E-state index in [4.69, 9.17) is 9.47 Å². The number of aliphatic hydroxyl groups is 1. The monoisotopic (exact) mass is 174 g/mol. The molecule has 12 heavy (non-hydrogen) atoms. The summed E-state index contributed by atoms with van der Waals surface area (Å²) in [5, 5.41) is 9.72. The van der Waals surface area contributed by atoms with Crippen LogP contribution in [0.4, 0.5) is 0 Å². The first-order valence-electron chi connectivity index (χ1n) is 3.94. The van der Waals surface area contributed by atoms with Crippen molar-refractivity contribution in [1.29, 1.82) is 0 Å². The van der Waals surface area contributed by atoms with Gasteiger partial charge < -0.3 is 14.6 Å². The van der Waals surface area contributed by atoms with Gasteiger partial charge in [0, 0.05) is 20.6 Å². The zero-order chi connectivity index (χ0) is 9.61. The van der Waals surface area contributed by atoms with Crippen molar-refractivity contribution in [2.45, 2.75) is 31.7 Å². The van der Waals surface area contributed by atoms with Gasteiger partial charge in [-0.1, -0.05) is 6.08 Å². The van der Waals surface area contributed by atoms with E-state index in [0.29, 0.717) is 12.8 Å². The predicted octanol–water partition coefficient (Wildman–Crippen LogP) is 1.32. The lowest BCUT2D eigenvalue weighted by molar-refractivity contribution is -0.139. The maximum absolute atomic E-state index is 9.72. The maximum atomic E-state index is 9.72. The Balaban J connectivity index is 3.92. The average Bonchev–Trinajstić information content (AvgIpc) is 2.00. The van der Waals surface area contributed by atoms with Gasteiger partial charge in [-0.25, -0.2) is 0 Å². The molecule has 0 aliphatic rings. The van der Waals surface area contributed by atoms with E-state index in [1.807, 2.05) is 0 Å². The summed E-state index contributed by atoms with van der Waals surface area (Å²) in [6, 6.07) is 0. The van der Waals surface area contributed by atoms with Gasteiger partial charge in [0.1, 0.15) is 0 Å². The van der Waals surface area contributed by atoms with Gasteiger partial charge in [-0.05, 0) is 13.3 Å². The van der Waals surface area contributed by atoms with Gasteiger partial charge in [0.05, 0.1) is 5.60 Å². The van der Waals surface area contributed by atoms with Gasteiger partial charge in [0.25, 0.3) is 0 Å². The van der Waals surface area contributed by atoms with Crippen LogP contribution in [0.25, 0.3) is 0 Å². The molecule has 3 heteroatoms. The zero-order valence-electron chi connectivity index (χ0n) is 8.04. The third-order valence-electron chi connectivity index (χ3n) is 1.72. The van der Waals surface area contributed by atoms with Gasteiger partial charge in [-0.15, -0.1) is 6.58 Å². The molecule has 1 atom stereocenters. The summed E-state index contributed by atoms with van der Waals surface area (Å²) >= 11 is 0. The van der Waals surface area contributed by atoms with Crippen LogP contribution in [0, 0.1) is 0 Å². The molecule has 1 unspecified atom stereocenters.